The van der Waals surface area contributed by atoms with Gasteiger partial charge in [0.05, 0.1) is 23.3 Å². The van der Waals surface area contributed by atoms with Crippen molar-refractivity contribution in [3.8, 4) is 0 Å². The number of nitrogens with one attached hydrogen (secondary N) is 1. The van der Waals surface area contributed by atoms with Crippen LogP contribution in [0.1, 0.15) is 5.56 Å². The second-order valence-corrected chi connectivity index (χ2v) is 6.50. The molecule has 0 spiro atoms. The van der Waals surface area contributed by atoms with Gasteiger partial charge in [-0.15, -0.1) is 0 Å². The molecule has 0 saturated carbocycles. The summed E-state index contributed by atoms with van der Waals surface area (Å²) in [6, 6.07) is 21.4. The first-order valence-corrected chi connectivity index (χ1v) is 8.83. The van der Waals surface area contributed by atoms with Crippen molar-refractivity contribution in [1.29, 1.82) is 0 Å². The summed E-state index contributed by atoms with van der Waals surface area (Å²) in [7, 11) is 0. The molecule has 0 fully saturated rings. The predicted molar refractivity (Wildman–Crippen MR) is 111 cm³/mol. The second-order valence-electron chi connectivity index (χ2n) is 6.50. The van der Waals surface area contributed by atoms with Crippen LogP contribution in [-0.2, 0) is 16.1 Å². The first kappa shape index (κ1) is 17.8. The standard InChI is InChI=1S/C22H19N3O3/c23-15-9-14(12-28-13-21(26)27)10-16(11-15)24-22-17-5-1-3-7-19(17)25-20-8-4-2-6-18(20)22/h1-11H,12-13,23H2,(H,24,25)(H,26,27). The van der Waals surface area contributed by atoms with Crippen LogP contribution < -0.4 is 11.1 Å². The van der Waals surface area contributed by atoms with Crippen LogP contribution in [-0.4, -0.2) is 22.7 Å². The summed E-state index contributed by atoms with van der Waals surface area (Å²) in [4.78, 5) is 15.4. The van der Waals surface area contributed by atoms with E-state index in [4.69, 9.17) is 20.6 Å². The summed E-state index contributed by atoms with van der Waals surface area (Å²) in [5.41, 5.74) is 11.0. The fraction of sp³-hybridized carbons (Fsp3) is 0.0909. The fourth-order valence-electron chi connectivity index (χ4n) is 3.25. The van der Waals surface area contributed by atoms with E-state index in [0.717, 1.165) is 38.7 Å². The third-order valence-corrected chi connectivity index (χ3v) is 4.37. The van der Waals surface area contributed by atoms with Crippen molar-refractivity contribution in [2.75, 3.05) is 17.7 Å². The van der Waals surface area contributed by atoms with Gasteiger partial charge in [0.15, 0.2) is 0 Å². The van der Waals surface area contributed by atoms with Gasteiger partial charge in [0, 0.05) is 22.1 Å². The molecule has 1 aromatic heterocycles. The minimum Gasteiger partial charge on any atom is -0.480 e. The Hall–Kier alpha value is -3.64. The van der Waals surface area contributed by atoms with Crippen LogP contribution in [0.25, 0.3) is 21.8 Å². The number of carbonyl (C=O) groups is 1. The first-order chi connectivity index (χ1) is 13.6. The monoisotopic (exact) mass is 373 g/mol. The van der Waals surface area contributed by atoms with Crippen LogP contribution in [0.2, 0.25) is 0 Å². The SMILES string of the molecule is Nc1cc(COCC(=O)O)cc(Nc2c3ccccc3nc3ccccc23)c1. The number of aliphatic carboxylic acids is 1. The average molecular weight is 373 g/mol. The van der Waals surface area contributed by atoms with Gasteiger partial charge in [-0.3, -0.25) is 0 Å². The van der Waals surface area contributed by atoms with Crippen LogP contribution in [0.3, 0.4) is 0 Å². The van der Waals surface area contributed by atoms with E-state index in [0.29, 0.717) is 5.69 Å². The average Bonchev–Trinajstić information content (AvgIpc) is 2.67. The Kier molecular flexibility index (Phi) is 4.78. The largest absolute Gasteiger partial charge is 0.480 e. The number of ether oxygens (including phenoxy) is 1. The van der Waals surface area contributed by atoms with Gasteiger partial charge in [0.2, 0.25) is 0 Å². The van der Waals surface area contributed by atoms with Gasteiger partial charge in [-0.05, 0) is 35.9 Å². The molecular formula is C22H19N3O3. The van der Waals surface area contributed by atoms with Crippen LogP contribution >= 0.6 is 0 Å². The summed E-state index contributed by atoms with van der Waals surface area (Å²) in [6.07, 6.45) is 0. The number of anilines is 3. The topological polar surface area (TPSA) is 97.5 Å². The number of pyridine rings is 1. The molecule has 3 aromatic carbocycles. The summed E-state index contributed by atoms with van der Waals surface area (Å²) in [6.45, 7) is -0.180. The van der Waals surface area contributed by atoms with Gasteiger partial charge in [-0.1, -0.05) is 36.4 Å². The number of para-hydroxylation sites is 2. The molecule has 0 radical (unpaired) electrons. The third-order valence-electron chi connectivity index (χ3n) is 4.37. The molecule has 0 aliphatic carbocycles. The highest BCUT2D eigenvalue weighted by Crippen LogP contribution is 2.33. The van der Waals surface area contributed by atoms with E-state index in [9.17, 15) is 4.79 Å². The molecule has 28 heavy (non-hydrogen) atoms. The first-order valence-electron chi connectivity index (χ1n) is 8.83. The molecule has 4 aromatic rings. The van der Waals surface area contributed by atoms with Gasteiger partial charge in [-0.25, -0.2) is 9.78 Å². The second kappa shape index (κ2) is 7.54. The van der Waals surface area contributed by atoms with E-state index >= 15 is 0 Å². The Morgan fingerprint density at radius 2 is 1.64 bits per heavy atom. The van der Waals surface area contributed by atoms with Gasteiger partial charge >= 0.3 is 5.97 Å². The highest BCUT2D eigenvalue weighted by Gasteiger charge is 2.10. The normalized spacial score (nSPS) is 11.0. The van der Waals surface area contributed by atoms with E-state index in [1.54, 1.807) is 6.07 Å². The van der Waals surface area contributed by atoms with Gasteiger partial charge in [0.25, 0.3) is 0 Å². The van der Waals surface area contributed by atoms with Crippen molar-refractivity contribution in [2.45, 2.75) is 6.61 Å². The van der Waals surface area contributed by atoms with Crippen molar-refractivity contribution in [1.82, 2.24) is 4.98 Å². The lowest BCUT2D eigenvalue weighted by Gasteiger charge is -2.15. The smallest absolute Gasteiger partial charge is 0.329 e. The molecular weight excluding hydrogens is 354 g/mol. The Morgan fingerprint density at radius 3 is 2.29 bits per heavy atom. The molecule has 0 amide bonds. The molecule has 6 nitrogen and oxygen atoms in total. The zero-order valence-corrected chi connectivity index (χ0v) is 15.1. The molecule has 4 rings (SSSR count). The molecule has 4 N–H and O–H groups in total. The predicted octanol–water partition coefficient (Wildman–Crippen LogP) is 4.32. The van der Waals surface area contributed by atoms with Crippen LogP contribution in [0, 0.1) is 0 Å². The number of hydrogen-bond acceptors (Lipinski definition) is 5. The van der Waals surface area contributed by atoms with Gasteiger partial charge in [0.1, 0.15) is 6.61 Å². The van der Waals surface area contributed by atoms with Crippen LogP contribution in [0.15, 0.2) is 66.7 Å². The minimum absolute atomic E-state index is 0.170. The highest BCUT2D eigenvalue weighted by molar-refractivity contribution is 6.08. The summed E-state index contributed by atoms with van der Waals surface area (Å²) >= 11 is 0. The molecule has 0 aliphatic heterocycles. The molecule has 0 saturated heterocycles. The zero-order valence-electron chi connectivity index (χ0n) is 15.1. The van der Waals surface area contributed by atoms with Gasteiger partial charge in [-0.2, -0.15) is 0 Å². The minimum atomic E-state index is -1.00. The number of hydrogen-bond donors (Lipinski definition) is 3. The number of nitrogens with two attached hydrogens (primary N) is 1. The third kappa shape index (κ3) is 3.72. The maximum absolute atomic E-state index is 10.6. The van der Waals surface area contributed by atoms with E-state index in [1.807, 2.05) is 60.7 Å². The Balaban J connectivity index is 1.75. The number of nitrogens with zero attached hydrogens (tertiary/aromatic N) is 1. The Morgan fingerprint density at radius 1 is 1.00 bits per heavy atom. The van der Waals surface area contributed by atoms with Gasteiger partial charge < -0.3 is 20.9 Å². The summed E-state index contributed by atoms with van der Waals surface area (Å²) in [5, 5.41) is 14.2. The van der Waals surface area contributed by atoms with E-state index in [-0.39, 0.29) is 13.2 Å². The lowest BCUT2D eigenvalue weighted by atomic mass is 10.1. The number of nitrogen functional groups attached to an aromatic ring is 1. The number of rotatable bonds is 6. The molecule has 0 bridgehead atoms. The van der Waals surface area contributed by atoms with Crippen molar-refractivity contribution in [2.24, 2.45) is 0 Å². The summed E-state index contributed by atoms with van der Waals surface area (Å²) in [5.74, 6) is -1.00. The van der Waals surface area contributed by atoms with Crippen LogP contribution in [0.5, 0.6) is 0 Å². The number of benzene rings is 3. The maximum Gasteiger partial charge on any atom is 0.329 e. The maximum atomic E-state index is 10.6. The molecule has 1 heterocycles. The number of carboxylic acid groups (broad SMARTS) is 1. The van der Waals surface area contributed by atoms with Crippen LogP contribution in [0.4, 0.5) is 17.1 Å². The number of carboxylic acids is 1. The van der Waals surface area contributed by atoms with E-state index < -0.39 is 5.97 Å². The molecule has 0 atom stereocenters. The fourth-order valence-corrected chi connectivity index (χ4v) is 3.25. The zero-order chi connectivity index (χ0) is 19.5. The van der Waals surface area contributed by atoms with Crippen molar-refractivity contribution >= 4 is 44.8 Å². The van der Waals surface area contributed by atoms with E-state index in [1.165, 1.54) is 0 Å². The molecule has 0 unspecified atom stereocenters. The van der Waals surface area contributed by atoms with E-state index in [2.05, 4.69) is 5.32 Å². The lowest BCUT2D eigenvalue weighted by Crippen LogP contribution is -2.07. The quantitative estimate of drug-likeness (QED) is 0.344. The lowest BCUT2D eigenvalue weighted by molar-refractivity contribution is -0.142. The molecule has 0 aliphatic rings. The Labute approximate surface area is 161 Å². The molecule has 140 valence electrons. The molecule has 6 heteroatoms. The Bertz CT molecular complexity index is 1120. The summed E-state index contributed by atoms with van der Waals surface area (Å²) < 4.78 is 5.19. The highest BCUT2D eigenvalue weighted by atomic mass is 16.5. The van der Waals surface area contributed by atoms with Crippen molar-refractivity contribution < 1.29 is 14.6 Å². The van der Waals surface area contributed by atoms with Crippen molar-refractivity contribution in [3.63, 3.8) is 0 Å². The number of fused-ring (bicyclic) bond motifs is 2. The number of aromatic nitrogens is 1. The van der Waals surface area contributed by atoms with Crippen molar-refractivity contribution in [3.05, 3.63) is 72.3 Å².